The van der Waals surface area contributed by atoms with Crippen molar-refractivity contribution in [2.24, 2.45) is 0 Å². The minimum Gasteiger partial charge on any atom is -0.325 e. The van der Waals surface area contributed by atoms with Gasteiger partial charge < -0.3 is 4.98 Å². The number of aromatic nitrogens is 1. The van der Waals surface area contributed by atoms with Crippen LogP contribution in [0.25, 0.3) is 0 Å². The maximum absolute atomic E-state index is 12.3. The van der Waals surface area contributed by atoms with Crippen molar-refractivity contribution in [2.45, 2.75) is 32.4 Å². The number of hydrogen-bond donors (Lipinski definition) is 1. The number of nitrogens with one attached hydrogen (secondary N) is 1. The van der Waals surface area contributed by atoms with Crippen LogP contribution in [0.15, 0.2) is 16.9 Å². The third-order valence-electron chi connectivity index (χ3n) is 2.02. The first kappa shape index (κ1) is 11.8. The van der Waals surface area contributed by atoms with Gasteiger partial charge in [0.1, 0.15) is 5.56 Å². The number of aromatic amines is 1. The topological polar surface area (TPSA) is 32.9 Å². The first-order chi connectivity index (χ1) is 6.62. The van der Waals surface area contributed by atoms with Crippen molar-refractivity contribution in [3.8, 4) is 0 Å². The summed E-state index contributed by atoms with van der Waals surface area (Å²) in [5.41, 5.74) is -2.13. The maximum Gasteiger partial charge on any atom is 0.421 e. The van der Waals surface area contributed by atoms with E-state index in [-0.39, 0.29) is 5.41 Å². The fourth-order valence-electron chi connectivity index (χ4n) is 1.13. The number of pyridine rings is 1. The van der Waals surface area contributed by atoms with Crippen LogP contribution in [0.5, 0.6) is 0 Å². The summed E-state index contributed by atoms with van der Waals surface area (Å²) < 4.78 is 36.8. The van der Waals surface area contributed by atoms with Crippen molar-refractivity contribution in [3.63, 3.8) is 0 Å². The largest absolute Gasteiger partial charge is 0.421 e. The Balaban J connectivity index is 3.28. The smallest absolute Gasteiger partial charge is 0.325 e. The minimum atomic E-state index is -4.59. The third-order valence-corrected chi connectivity index (χ3v) is 2.02. The van der Waals surface area contributed by atoms with Crippen molar-refractivity contribution in [2.75, 3.05) is 0 Å². The molecule has 0 saturated carbocycles. The molecule has 1 heterocycles. The number of halogens is 3. The van der Waals surface area contributed by atoms with Crippen molar-refractivity contribution in [1.29, 1.82) is 0 Å². The van der Waals surface area contributed by atoms with Gasteiger partial charge in [0.25, 0.3) is 5.56 Å². The van der Waals surface area contributed by atoms with Crippen LogP contribution < -0.4 is 5.56 Å². The number of hydrogen-bond acceptors (Lipinski definition) is 1. The van der Waals surface area contributed by atoms with Gasteiger partial charge in [-0.2, -0.15) is 13.2 Å². The highest BCUT2D eigenvalue weighted by Crippen LogP contribution is 2.27. The van der Waals surface area contributed by atoms with E-state index in [2.05, 4.69) is 4.98 Å². The van der Waals surface area contributed by atoms with E-state index >= 15 is 0 Å². The van der Waals surface area contributed by atoms with E-state index in [0.717, 1.165) is 6.07 Å². The Bertz CT molecular complexity index is 412. The summed E-state index contributed by atoms with van der Waals surface area (Å²) in [6.45, 7) is 5.43. The Labute approximate surface area is 85.1 Å². The quantitative estimate of drug-likeness (QED) is 0.715. The predicted octanol–water partition coefficient (Wildman–Crippen LogP) is 2.69. The maximum atomic E-state index is 12.3. The van der Waals surface area contributed by atoms with Crippen LogP contribution in [0.3, 0.4) is 0 Å². The van der Waals surface area contributed by atoms with Crippen molar-refractivity contribution >= 4 is 0 Å². The summed E-state index contributed by atoms with van der Waals surface area (Å²) in [4.78, 5) is 13.4. The monoisotopic (exact) mass is 219 g/mol. The zero-order valence-electron chi connectivity index (χ0n) is 8.70. The van der Waals surface area contributed by atoms with Gasteiger partial charge in [-0.25, -0.2) is 0 Å². The summed E-state index contributed by atoms with van der Waals surface area (Å²) >= 11 is 0. The second-order valence-electron chi connectivity index (χ2n) is 4.36. The lowest BCUT2D eigenvalue weighted by molar-refractivity contribution is -0.138. The minimum absolute atomic E-state index is 0.372. The van der Waals surface area contributed by atoms with Gasteiger partial charge in [0, 0.05) is 11.1 Å². The van der Waals surface area contributed by atoms with Gasteiger partial charge in [0.15, 0.2) is 0 Å². The molecule has 0 spiro atoms. The zero-order valence-corrected chi connectivity index (χ0v) is 8.70. The summed E-state index contributed by atoms with van der Waals surface area (Å²) in [6, 6.07) is 2.11. The Morgan fingerprint density at radius 1 is 1.13 bits per heavy atom. The Morgan fingerprint density at radius 3 is 2.00 bits per heavy atom. The van der Waals surface area contributed by atoms with Crippen LogP contribution in [0, 0.1) is 0 Å². The van der Waals surface area contributed by atoms with E-state index in [1.54, 1.807) is 0 Å². The molecule has 0 radical (unpaired) electrons. The highest BCUT2D eigenvalue weighted by molar-refractivity contribution is 5.21. The van der Waals surface area contributed by atoms with Gasteiger partial charge >= 0.3 is 6.18 Å². The Kier molecular flexibility index (Phi) is 2.67. The Hall–Kier alpha value is -1.26. The molecule has 5 heteroatoms. The fourth-order valence-corrected chi connectivity index (χ4v) is 1.13. The normalized spacial score (nSPS) is 12.9. The molecule has 0 aliphatic rings. The summed E-state index contributed by atoms with van der Waals surface area (Å²) in [5, 5.41) is 0. The van der Waals surface area contributed by atoms with Crippen LogP contribution in [-0.4, -0.2) is 4.98 Å². The number of H-pyrrole nitrogens is 1. The summed E-state index contributed by atoms with van der Waals surface area (Å²) in [7, 11) is 0. The molecule has 0 amide bonds. The lowest BCUT2D eigenvalue weighted by Gasteiger charge is -2.18. The van der Waals surface area contributed by atoms with Crippen molar-refractivity contribution in [1.82, 2.24) is 4.98 Å². The summed E-state index contributed by atoms with van der Waals surface area (Å²) in [5.74, 6) is 0. The molecule has 0 saturated heterocycles. The van der Waals surface area contributed by atoms with Gasteiger partial charge in [0.2, 0.25) is 0 Å². The Morgan fingerprint density at radius 2 is 1.67 bits per heavy atom. The van der Waals surface area contributed by atoms with E-state index < -0.39 is 17.3 Å². The molecule has 1 N–H and O–H groups in total. The molecule has 0 fully saturated rings. The number of alkyl halides is 3. The van der Waals surface area contributed by atoms with Gasteiger partial charge in [-0.1, -0.05) is 20.8 Å². The predicted molar refractivity (Wildman–Crippen MR) is 50.8 cm³/mol. The molecule has 84 valence electrons. The third kappa shape index (κ3) is 2.61. The van der Waals surface area contributed by atoms with Crippen molar-refractivity contribution in [3.05, 3.63) is 33.7 Å². The SMILES string of the molecule is CC(C)(C)c1ccc(C(F)(F)F)c(=O)[nH]1. The van der Waals surface area contributed by atoms with Gasteiger partial charge in [-0.05, 0) is 12.1 Å². The van der Waals surface area contributed by atoms with E-state index in [1.165, 1.54) is 6.07 Å². The highest BCUT2D eigenvalue weighted by Gasteiger charge is 2.34. The number of rotatable bonds is 0. The zero-order chi connectivity index (χ0) is 11.9. The van der Waals surface area contributed by atoms with Gasteiger partial charge in [0.05, 0.1) is 0 Å². The molecule has 1 rings (SSSR count). The second-order valence-corrected chi connectivity index (χ2v) is 4.36. The summed E-state index contributed by atoms with van der Waals surface area (Å²) in [6.07, 6.45) is -4.59. The van der Waals surface area contributed by atoms with E-state index in [1.807, 2.05) is 20.8 Å². The average Bonchev–Trinajstić information content (AvgIpc) is 1.99. The lowest BCUT2D eigenvalue weighted by atomic mass is 9.91. The van der Waals surface area contributed by atoms with E-state index in [4.69, 9.17) is 0 Å². The van der Waals surface area contributed by atoms with Gasteiger partial charge in [-0.3, -0.25) is 4.79 Å². The molecule has 1 aromatic heterocycles. The van der Waals surface area contributed by atoms with E-state index in [0.29, 0.717) is 5.69 Å². The molecule has 0 aliphatic heterocycles. The molecule has 15 heavy (non-hydrogen) atoms. The molecule has 0 atom stereocenters. The molecule has 0 bridgehead atoms. The molecular formula is C10H12F3NO. The van der Waals surface area contributed by atoms with Crippen LogP contribution in [0.2, 0.25) is 0 Å². The lowest BCUT2D eigenvalue weighted by Crippen LogP contribution is -2.25. The van der Waals surface area contributed by atoms with Crippen LogP contribution in [0.1, 0.15) is 32.0 Å². The first-order valence-electron chi connectivity index (χ1n) is 4.43. The standard InChI is InChI=1S/C10H12F3NO/c1-9(2,3)7-5-4-6(8(15)14-7)10(11,12)13/h4-5H,1-3H3,(H,14,15). The molecule has 0 unspecified atom stereocenters. The first-order valence-corrected chi connectivity index (χ1v) is 4.43. The van der Waals surface area contributed by atoms with Crippen molar-refractivity contribution < 1.29 is 13.2 Å². The average molecular weight is 219 g/mol. The van der Waals surface area contributed by atoms with Gasteiger partial charge in [-0.15, -0.1) is 0 Å². The van der Waals surface area contributed by atoms with Crippen LogP contribution in [0.4, 0.5) is 13.2 Å². The second kappa shape index (κ2) is 3.40. The van der Waals surface area contributed by atoms with Crippen LogP contribution in [-0.2, 0) is 11.6 Å². The van der Waals surface area contributed by atoms with Crippen LogP contribution >= 0.6 is 0 Å². The molecular weight excluding hydrogens is 207 g/mol. The highest BCUT2D eigenvalue weighted by atomic mass is 19.4. The molecule has 0 aromatic carbocycles. The molecule has 2 nitrogen and oxygen atoms in total. The fraction of sp³-hybridized carbons (Fsp3) is 0.500. The molecule has 1 aromatic rings. The van der Waals surface area contributed by atoms with E-state index in [9.17, 15) is 18.0 Å². The molecule has 0 aliphatic carbocycles.